The molecule has 2 aromatic carbocycles. The van der Waals surface area contributed by atoms with E-state index >= 15 is 0 Å². The number of ketones is 1. The van der Waals surface area contributed by atoms with Crippen molar-refractivity contribution in [3.05, 3.63) is 58.0 Å². The van der Waals surface area contributed by atoms with Gasteiger partial charge in [0.15, 0.2) is 5.75 Å². The van der Waals surface area contributed by atoms with Gasteiger partial charge in [0.25, 0.3) is 11.7 Å². The van der Waals surface area contributed by atoms with Crippen molar-refractivity contribution in [3.8, 4) is 17.2 Å². The van der Waals surface area contributed by atoms with E-state index in [0.717, 1.165) is 19.6 Å². The van der Waals surface area contributed by atoms with Gasteiger partial charge in [-0.25, -0.2) is 4.99 Å². The number of carbonyl (C=O) groups excluding carboxylic acids is 2. The number of hydrogen-bond acceptors (Lipinski definition) is 12. The first-order chi connectivity index (χ1) is 26.7. The summed E-state index contributed by atoms with van der Waals surface area (Å²) in [4.78, 5) is 40.3. The Hall–Kier alpha value is -4.30. The molecule has 7 rings (SSSR count). The van der Waals surface area contributed by atoms with E-state index in [4.69, 9.17) is 14.5 Å². The minimum atomic E-state index is -1.86. The predicted molar refractivity (Wildman–Crippen MR) is 217 cm³/mol. The van der Waals surface area contributed by atoms with Crippen molar-refractivity contribution in [1.82, 2.24) is 4.90 Å². The molecule has 5 aliphatic heterocycles. The zero-order valence-electron chi connectivity index (χ0n) is 34.8. The summed E-state index contributed by atoms with van der Waals surface area (Å²) in [6.07, 6.45) is 6.27. The summed E-state index contributed by atoms with van der Waals surface area (Å²) in [6, 6.07) is 0. The average Bonchev–Trinajstić information content (AvgIpc) is 3.67. The number of piperidine rings is 1. The van der Waals surface area contributed by atoms with Crippen molar-refractivity contribution in [1.29, 1.82) is 0 Å². The number of aliphatic hydroxyl groups is 3. The number of benzene rings is 2. The number of anilines is 1. The molecule has 0 aromatic heterocycles. The Morgan fingerprint density at radius 3 is 2.16 bits per heavy atom. The van der Waals surface area contributed by atoms with E-state index in [2.05, 4.69) is 29.1 Å². The quantitative estimate of drug-likeness (QED) is 0.229. The second kappa shape index (κ2) is 15.8. The van der Waals surface area contributed by atoms with Gasteiger partial charge in [-0.15, -0.1) is 0 Å². The number of phenols is 2. The molecule has 6 N–H and O–H groups in total. The van der Waals surface area contributed by atoms with Crippen molar-refractivity contribution in [2.24, 2.45) is 45.5 Å². The fraction of sp³-hybridized carbons (Fsp3) is 0.591. The van der Waals surface area contributed by atoms with Gasteiger partial charge in [-0.1, -0.05) is 66.7 Å². The highest BCUT2D eigenvalue weighted by atomic mass is 16.7. The highest BCUT2D eigenvalue weighted by molar-refractivity contribution is 6.21. The van der Waals surface area contributed by atoms with Crippen LogP contribution in [0.2, 0.25) is 0 Å². The third kappa shape index (κ3) is 7.59. The summed E-state index contributed by atoms with van der Waals surface area (Å²) < 4.78 is 12.3. The number of hydrogen-bond donors (Lipinski definition) is 6. The number of fused-ring (bicyclic) bond motifs is 13. The number of aromatic hydroxyl groups is 2. The van der Waals surface area contributed by atoms with Crippen LogP contribution in [0.5, 0.6) is 17.2 Å². The molecule has 1 amide bonds. The number of amides is 1. The normalized spacial score (nSPS) is 34.2. The lowest BCUT2D eigenvalue weighted by molar-refractivity contribution is -0.114. The van der Waals surface area contributed by atoms with Gasteiger partial charge >= 0.3 is 5.79 Å². The standard InChI is InChI=1S/C44H60N4O9/c1-21(2)20-48-17-15-44(16-18-48)46-32-29-30-38(52)28(9)40-31(29)41(54)43(10,57-40)56-19-14-22(3)25(6)36(50)27(8)37(51)26(7)35(49)23(4)12-11-13-24(5)42(55)45-34(39(30)53)33(32)47-44/h11-14,19,21-23,25-27,35-37,46,49-53H,15-18,20H2,1-10H3/b12-11+,19-14+,24-13-,45-34?/t22-,23-,25+,26+,27-,35-,36+,37+,43-/m0/s1. The number of Topliss-reactive ketones (excluding diaryl/α,β-unsaturated/α-hetero) is 1. The molecule has 2 aromatic rings. The molecule has 1 saturated heterocycles. The summed E-state index contributed by atoms with van der Waals surface area (Å²) in [5, 5.41) is 61.4. The Morgan fingerprint density at radius 2 is 1.51 bits per heavy atom. The number of rotatable bonds is 2. The van der Waals surface area contributed by atoms with Crippen LogP contribution in [0.4, 0.5) is 5.69 Å². The molecule has 310 valence electrons. The van der Waals surface area contributed by atoms with Crippen molar-refractivity contribution in [2.45, 2.75) is 112 Å². The minimum Gasteiger partial charge on any atom is -0.507 e. The number of nitrogens with one attached hydrogen (secondary N) is 1. The van der Waals surface area contributed by atoms with E-state index in [0.29, 0.717) is 24.4 Å². The Morgan fingerprint density at radius 1 is 0.877 bits per heavy atom. The number of aliphatic hydroxyl groups excluding tert-OH is 3. The van der Waals surface area contributed by atoms with Crippen LogP contribution in [0.25, 0.3) is 10.8 Å². The summed E-state index contributed by atoms with van der Waals surface area (Å²) in [6.45, 7) is 20.4. The van der Waals surface area contributed by atoms with Gasteiger partial charge in [-0.05, 0) is 37.7 Å². The number of carbonyl (C=O) groups is 2. The van der Waals surface area contributed by atoms with E-state index in [1.807, 2.05) is 13.8 Å². The predicted octanol–water partition coefficient (Wildman–Crippen LogP) is 4.80. The van der Waals surface area contributed by atoms with Crippen LogP contribution in [0.3, 0.4) is 0 Å². The third-order valence-corrected chi connectivity index (χ3v) is 12.8. The molecule has 0 unspecified atom stereocenters. The van der Waals surface area contributed by atoms with Gasteiger partial charge in [0.05, 0.1) is 41.2 Å². The fourth-order valence-corrected chi connectivity index (χ4v) is 8.72. The molecular formula is C44H60N4O9. The Bertz CT molecular complexity index is 2150. The van der Waals surface area contributed by atoms with E-state index in [1.165, 1.54) is 13.2 Å². The molecule has 57 heavy (non-hydrogen) atoms. The van der Waals surface area contributed by atoms with Gasteiger partial charge in [-0.2, -0.15) is 0 Å². The summed E-state index contributed by atoms with van der Waals surface area (Å²) in [7, 11) is 0. The van der Waals surface area contributed by atoms with Gasteiger partial charge in [0.1, 0.15) is 27.9 Å². The summed E-state index contributed by atoms with van der Waals surface area (Å²) in [5.41, 5.74) is 0.0475. The fourth-order valence-electron chi connectivity index (χ4n) is 8.72. The number of nitrogens with zero attached hydrogens (tertiary/aromatic N) is 3. The molecule has 5 heterocycles. The molecule has 0 radical (unpaired) electrons. The molecule has 5 bridgehead atoms. The molecule has 13 nitrogen and oxygen atoms in total. The summed E-state index contributed by atoms with van der Waals surface area (Å²) >= 11 is 0. The van der Waals surface area contributed by atoms with E-state index in [-0.39, 0.29) is 61.5 Å². The maximum Gasteiger partial charge on any atom is 0.312 e. The Labute approximate surface area is 334 Å². The largest absolute Gasteiger partial charge is 0.507 e. The highest BCUT2D eigenvalue weighted by Crippen LogP contribution is 2.51. The zero-order chi connectivity index (χ0) is 41.9. The molecule has 0 saturated carbocycles. The maximum absolute atomic E-state index is 14.6. The number of allylic oxidation sites excluding steroid dienone is 3. The number of likely N-dealkylation sites (tertiary alicyclic amines) is 1. The third-order valence-electron chi connectivity index (χ3n) is 12.8. The molecular weight excluding hydrogens is 729 g/mol. The van der Waals surface area contributed by atoms with Gasteiger partial charge in [-0.3, -0.25) is 14.6 Å². The van der Waals surface area contributed by atoms with Crippen LogP contribution >= 0.6 is 0 Å². The van der Waals surface area contributed by atoms with Gasteiger partial charge < -0.3 is 45.2 Å². The van der Waals surface area contributed by atoms with Crippen molar-refractivity contribution >= 4 is 28.2 Å². The molecule has 5 aliphatic rings. The average molecular weight is 789 g/mol. The molecule has 13 heteroatoms. The Kier molecular flexibility index (Phi) is 11.7. The maximum atomic E-state index is 14.6. The molecule has 1 spiro atoms. The molecule has 9 atom stereocenters. The molecule has 0 aliphatic carbocycles. The highest BCUT2D eigenvalue weighted by Gasteiger charge is 2.50. The minimum absolute atomic E-state index is 0.0639. The van der Waals surface area contributed by atoms with Crippen LogP contribution in [0, 0.1) is 42.4 Å². The second-order valence-electron chi connectivity index (χ2n) is 17.6. The van der Waals surface area contributed by atoms with Crippen molar-refractivity contribution in [2.75, 3.05) is 25.0 Å². The monoisotopic (exact) mass is 788 g/mol. The van der Waals surface area contributed by atoms with Gasteiger partial charge in [0.2, 0.25) is 0 Å². The summed E-state index contributed by atoms with van der Waals surface area (Å²) in [5.74, 6) is -5.58. The molecule has 1 fully saturated rings. The SMILES string of the molecule is C/C1=C/C=C/[C@H](C)[C@H](O)[C@@H](C)[C@@H](O)[C@@H](C)[C@H](O)[C@H](C)[C@@H](C)/C=C/O[C@@]2(C)Oc3c(C)c(O)c4c(O)c(c5c(c4c3C2=O)NC2(CCN(CC(C)C)CC2)N=5)=NC1=O. The first-order valence-corrected chi connectivity index (χ1v) is 20.3. The van der Waals surface area contributed by atoms with E-state index in [9.17, 15) is 35.1 Å². The topological polar surface area (TPSA) is 194 Å². The lowest BCUT2D eigenvalue weighted by Gasteiger charge is -2.38. The van der Waals surface area contributed by atoms with Crippen LogP contribution in [0.15, 0.2) is 46.1 Å². The lowest BCUT2D eigenvalue weighted by atomic mass is 9.77. The van der Waals surface area contributed by atoms with Gasteiger partial charge in [0, 0.05) is 73.7 Å². The second-order valence-corrected chi connectivity index (χ2v) is 17.6. The Balaban J connectivity index is 1.55. The van der Waals surface area contributed by atoms with Crippen LogP contribution in [0.1, 0.15) is 91.1 Å². The van der Waals surface area contributed by atoms with E-state index < -0.39 is 65.0 Å². The first-order valence-electron chi connectivity index (χ1n) is 20.3. The first kappa shape index (κ1) is 42.3. The van der Waals surface area contributed by atoms with E-state index in [1.54, 1.807) is 58.9 Å². The smallest absolute Gasteiger partial charge is 0.312 e. The van der Waals surface area contributed by atoms with Crippen LogP contribution < -0.4 is 20.8 Å². The van der Waals surface area contributed by atoms with Crippen molar-refractivity contribution in [3.63, 3.8) is 0 Å². The van der Waals surface area contributed by atoms with Crippen LogP contribution in [-0.2, 0) is 9.53 Å². The number of phenolic OH excluding ortho intramolecular Hbond substituents is 2. The number of ether oxygens (including phenoxy) is 2. The lowest BCUT2D eigenvalue weighted by Crippen LogP contribution is -2.47. The zero-order valence-corrected chi connectivity index (χ0v) is 34.8. The van der Waals surface area contributed by atoms with Crippen LogP contribution in [-0.4, -0.2) is 91.5 Å². The van der Waals surface area contributed by atoms with Crippen molar-refractivity contribution < 1.29 is 44.6 Å².